The van der Waals surface area contributed by atoms with Gasteiger partial charge in [0.25, 0.3) is 5.91 Å². The molecule has 5 nitrogen and oxygen atoms in total. The van der Waals surface area contributed by atoms with Gasteiger partial charge in [0.15, 0.2) is 11.6 Å². The smallest absolute Gasteiger partial charge is 0.416 e. The van der Waals surface area contributed by atoms with Gasteiger partial charge >= 0.3 is 12.4 Å². The van der Waals surface area contributed by atoms with Crippen molar-refractivity contribution in [3.8, 4) is 5.75 Å². The lowest BCUT2D eigenvalue weighted by molar-refractivity contribution is -0.143. The van der Waals surface area contributed by atoms with E-state index >= 15 is 0 Å². The van der Waals surface area contributed by atoms with Crippen LogP contribution in [-0.4, -0.2) is 66.2 Å². The van der Waals surface area contributed by atoms with Crippen LogP contribution in [0, 0.1) is 5.82 Å². The van der Waals surface area contributed by atoms with E-state index in [4.69, 9.17) is 4.74 Å². The molecule has 2 aromatic rings. The van der Waals surface area contributed by atoms with E-state index in [0.717, 1.165) is 0 Å². The molecule has 36 heavy (non-hydrogen) atoms. The summed E-state index contributed by atoms with van der Waals surface area (Å²) in [7, 11) is 0. The van der Waals surface area contributed by atoms with Crippen molar-refractivity contribution in [3.63, 3.8) is 0 Å². The SMILES string of the molecule is CCOc1cc(C[C@@H]2CN(CCO)CCN2C(=O)c2cc(C(F)(F)F)cc(C(F)(F)F)c2)ccc1F. The molecule has 1 fully saturated rings. The molecule has 1 aliphatic rings. The fourth-order valence-electron chi connectivity index (χ4n) is 4.16. The Morgan fingerprint density at radius 3 is 2.22 bits per heavy atom. The maximum atomic E-state index is 14.0. The number of rotatable bonds is 7. The molecule has 1 aliphatic heterocycles. The molecule has 0 saturated carbocycles. The van der Waals surface area contributed by atoms with Gasteiger partial charge in [-0.1, -0.05) is 6.07 Å². The van der Waals surface area contributed by atoms with Gasteiger partial charge in [-0.25, -0.2) is 4.39 Å². The summed E-state index contributed by atoms with van der Waals surface area (Å²) < 4.78 is 99.1. The van der Waals surface area contributed by atoms with E-state index in [1.165, 1.54) is 23.1 Å². The molecular formula is C24H25F7N2O3. The maximum Gasteiger partial charge on any atom is 0.416 e. The number of carbonyl (C=O) groups excluding carboxylic acids is 1. The van der Waals surface area contributed by atoms with Crippen molar-refractivity contribution in [1.29, 1.82) is 0 Å². The Labute approximate surface area is 203 Å². The van der Waals surface area contributed by atoms with E-state index in [0.29, 0.717) is 17.7 Å². The van der Waals surface area contributed by atoms with Crippen LogP contribution in [0.15, 0.2) is 36.4 Å². The second kappa shape index (κ2) is 11.0. The number of amides is 1. The number of halogens is 7. The van der Waals surface area contributed by atoms with E-state index in [1.54, 1.807) is 6.92 Å². The molecule has 0 unspecified atom stereocenters. The molecular weight excluding hydrogens is 497 g/mol. The molecule has 1 saturated heterocycles. The first kappa shape index (κ1) is 27.7. The van der Waals surface area contributed by atoms with Gasteiger partial charge < -0.3 is 14.7 Å². The van der Waals surface area contributed by atoms with Crippen LogP contribution in [0.25, 0.3) is 0 Å². The molecule has 3 rings (SSSR count). The summed E-state index contributed by atoms with van der Waals surface area (Å²) in [5, 5.41) is 9.29. The number of carbonyl (C=O) groups is 1. The second-order valence-electron chi connectivity index (χ2n) is 8.37. The highest BCUT2D eigenvalue weighted by Gasteiger charge is 2.39. The number of β-amino-alcohol motifs (C(OH)–C–C–N with tert-alkyl or cyclic N) is 1. The van der Waals surface area contributed by atoms with Crippen LogP contribution in [0.2, 0.25) is 0 Å². The highest BCUT2D eigenvalue weighted by atomic mass is 19.4. The van der Waals surface area contributed by atoms with Crippen LogP contribution in [0.4, 0.5) is 30.7 Å². The van der Waals surface area contributed by atoms with Crippen LogP contribution >= 0.6 is 0 Å². The molecule has 198 valence electrons. The standard InChI is InChI=1S/C24H25F7N2O3/c1-2-36-21-10-15(3-4-20(21)25)9-19-14-32(7-8-34)5-6-33(19)22(35)16-11-17(23(26,27)28)13-18(12-16)24(29,30)31/h3-4,10-13,19,34H,2,5-9,14H2,1H3/t19-/m1/s1. The molecule has 1 N–H and O–H groups in total. The predicted octanol–water partition coefficient (Wildman–Crippen LogP) is 4.62. The first-order valence-electron chi connectivity index (χ1n) is 11.2. The number of piperazine rings is 1. The van der Waals surface area contributed by atoms with Gasteiger partial charge in [0.1, 0.15) is 0 Å². The van der Waals surface area contributed by atoms with E-state index in [1.807, 2.05) is 4.90 Å². The normalized spacial score (nSPS) is 17.4. The number of ether oxygens (including phenoxy) is 1. The Bertz CT molecular complexity index is 1040. The van der Waals surface area contributed by atoms with Gasteiger partial charge in [-0.15, -0.1) is 0 Å². The Balaban J connectivity index is 1.97. The van der Waals surface area contributed by atoms with Crippen LogP contribution < -0.4 is 4.74 Å². The third-order valence-corrected chi connectivity index (χ3v) is 5.85. The highest BCUT2D eigenvalue weighted by Crippen LogP contribution is 2.37. The summed E-state index contributed by atoms with van der Waals surface area (Å²) in [5.74, 6) is -1.58. The minimum Gasteiger partial charge on any atom is -0.491 e. The van der Waals surface area contributed by atoms with Crippen LogP contribution in [0.1, 0.15) is 34.0 Å². The highest BCUT2D eigenvalue weighted by molar-refractivity contribution is 5.95. The Hall–Kier alpha value is -2.86. The van der Waals surface area contributed by atoms with Crippen molar-refractivity contribution in [2.75, 3.05) is 39.4 Å². The third kappa shape index (κ3) is 6.67. The van der Waals surface area contributed by atoms with Crippen molar-refractivity contribution < 1.29 is 45.4 Å². The van der Waals surface area contributed by atoms with Crippen molar-refractivity contribution >= 4 is 5.91 Å². The zero-order valence-corrected chi connectivity index (χ0v) is 19.3. The molecule has 0 radical (unpaired) electrons. The van der Waals surface area contributed by atoms with Crippen LogP contribution in [0.5, 0.6) is 5.75 Å². The zero-order chi connectivity index (χ0) is 26.7. The van der Waals surface area contributed by atoms with Crippen molar-refractivity contribution in [1.82, 2.24) is 9.80 Å². The summed E-state index contributed by atoms with van der Waals surface area (Å²) in [6, 6.07) is 4.24. The van der Waals surface area contributed by atoms with E-state index in [9.17, 15) is 40.6 Å². The molecule has 0 aromatic heterocycles. The molecule has 1 amide bonds. The Kier molecular flexibility index (Phi) is 8.50. The minimum absolute atomic E-state index is 0.0106. The number of hydrogen-bond donors (Lipinski definition) is 1. The fraction of sp³-hybridized carbons (Fsp3) is 0.458. The summed E-state index contributed by atoms with van der Waals surface area (Å²) in [5.41, 5.74) is -3.31. The zero-order valence-electron chi connectivity index (χ0n) is 19.3. The van der Waals surface area contributed by atoms with Crippen molar-refractivity contribution in [2.24, 2.45) is 0 Å². The number of aliphatic hydroxyl groups excluding tert-OH is 1. The van der Waals surface area contributed by atoms with Crippen molar-refractivity contribution in [3.05, 3.63) is 64.5 Å². The molecule has 12 heteroatoms. The lowest BCUT2D eigenvalue weighted by Gasteiger charge is -2.41. The number of alkyl halides is 6. The number of benzene rings is 2. The first-order chi connectivity index (χ1) is 16.8. The Morgan fingerprint density at radius 1 is 1.03 bits per heavy atom. The summed E-state index contributed by atoms with van der Waals surface area (Å²) >= 11 is 0. The van der Waals surface area contributed by atoms with E-state index < -0.39 is 46.8 Å². The van der Waals surface area contributed by atoms with Gasteiger partial charge in [0.2, 0.25) is 0 Å². The topological polar surface area (TPSA) is 53.0 Å². The lowest BCUT2D eigenvalue weighted by Crippen LogP contribution is -2.56. The first-order valence-corrected chi connectivity index (χ1v) is 11.2. The minimum atomic E-state index is -5.08. The molecule has 2 aromatic carbocycles. The number of nitrogens with zero attached hydrogens (tertiary/aromatic N) is 2. The Morgan fingerprint density at radius 2 is 1.67 bits per heavy atom. The average molecular weight is 522 g/mol. The molecule has 1 heterocycles. The second-order valence-corrected chi connectivity index (χ2v) is 8.37. The fourth-order valence-corrected chi connectivity index (χ4v) is 4.16. The van der Waals surface area contributed by atoms with Crippen molar-refractivity contribution in [2.45, 2.75) is 31.7 Å². The molecule has 0 spiro atoms. The van der Waals surface area contributed by atoms with E-state index in [2.05, 4.69) is 0 Å². The van der Waals surface area contributed by atoms with Crippen LogP contribution in [0.3, 0.4) is 0 Å². The van der Waals surface area contributed by atoms with Gasteiger partial charge in [0, 0.05) is 37.8 Å². The predicted molar refractivity (Wildman–Crippen MR) is 116 cm³/mol. The summed E-state index contributed by atoms with van der Waals surface area (Å²) in [6.07, 6.45) is -10.0. The van der Waals surface area contributed by atoms with Gasteiger partial charge in [-0.05, 0) is 49.2 Å². The average Bonchev–Trinajstić information content (AvgIpc) is 2.80. The maximum absolute atomic E-state index is 14.0. The van der Waals surface area contributed by atoms with Gasteiger partial charge in [-0.2, -0.15) is 26.3 Å². The monoisotopic (exact) mass is 522 g/mol. The molecule has 0 bridgehead atoms. The molecule has 1 atom stereocenters. The largest absolute Gasteiger partial charge is 0.491 e. The van der Waals surface area contributed by atoms with E-state index in [-0.39, 0.29) is 57.6 Å². The molecule has 0 aliphatic carbocycles. The number of hydrogen-bond acceptors (Lipinski definition) is 4. The van der Waals surface area contributed by atoms with Gasteiger partial charge in [0.05, 0.1) is 24.3 Å². The van der Waals surface area contributed by atoms with Gasteiger partial charge in [-0.3, -0.25) is 9.69 Å². The quantitative estimate of drug-likeness (QED) is 0.540. The van der Waals surface area contributed by atoms with Crippen LogP contribution in [-0.2, 0) is 18.8 Å². The third-order valence-electron chi connectivity index (χ3n) is 5.85. The number of aliphatic hydroxyl groups is 1. The summed E-state index contributed by atoms with van der Waals surface area (Å²) in [4.78, 5) is 16.3. The summed E-state index contributed by atoms with van der Waals surface area (Å²) in [6.45, 7) is 2.46. The lowest BCUT2D eigenvalue weighted by atomic mass is 9.99.